The number of halogens is 2. The number of aliphatic hydroxyl groups is 1. The fourth-order valence-electron chi connectivity index (χ4n) is 2.72. The van der Waals surface area contributed by atoms with Crippen molar-refractivity contribution in [3.63, 3.8) is 0 Å². The molecule has 3 N–H and O–H groups in total. The van der Waals surface area contributed by atoms with E-state index in [1.165, 1.54) is 13.2 Å². The van der Waals surface area contributed by atoms with Gasteiger partial charge in [0.1, 0.15) is 17.9 Å². The third kappa shape index (κ3) is 3.05. The van der Waals surface area contributed by atoms with Crippen LogP contribution in [0.1, 0.15) is 23.0 Å². The van der Waals surface area contributed by atoms with Gasteiger partial charge < -0.3 is 24.7 Å². The molecule has 9 heteroatoms. The Morgan fingerprint density at radius 2 is 2.08 bits per heavy atom. The highest BCUT2D eigenvalue weighted by Gasteiger charge is 2.39. The van der Waals surface area contributed by atoms with Crippen molar-refractivity contribution < 1.29 is 23.8 Å². The van der Waals surface area contributed by atoms with Gasteiger partial charge in [0.2, 0.25) is 17.1 Å². The molecule has 0 bridgehead atoms. The molecule has 0 fully saturated rings. The Labute approximate surface area is 157 Å². The van der Waals surface area contributed by atoms with Crippen molar-refractivity contribution in [3.8, 4) is 5.75 Å². The normalized spacial score (nSPS) is 16.1. The Morgan fingerprint density at radius 1 is 1.35 bits per heavy atom. The van der Waals surface area contributed by atoms with Crippen molar-refractivity contribution in [2.24, 2.45) is 5.73 Å². The van der Waals surface area contributed by atoms with Gasteiger partial charge in [0.05, 0.1) is 13.0 Å². The number of esters is 1. The van der Waals surface area contributed by atoms with E-state index in [1.54, 1.807) is 12.1 Å². The molecular formula is C17H13Cl2NO6. The molecule has 7 nitrogen and oxygen atoms in total. The topological polar surface area (TPSA) is 112 Å². The molecule has 0 amide bonds. The van der Waals surface area contributed by atoms with Crippen LogP contribution < -0.4 is 15.9 Å². The Hall–Kier alpha value is -2.48. The van der Waals surface area contributed by atoms with E-state index in [1.807, 2.05) is 0 Å². The first-order chi connectivity index (χ1) is 12.4. The molecule has 2 aromatic rings. The van der Waals surface area contributed by atoms with Crippen LogP contribution in [0.2, 0.25) is 10.0 Å². The van der Waals surface area contributed by atoms with Gasteiger partial charge in [-0.2, -0.15) is 0 Å². The molecule has 0 unspecified atom stereocenters. The fraction of sp³-hybridized carbons (Fsp3) is 0.176. The highest BCUT2D eigenvalue weighted by atomic mass is 35.5. The lowest BCUT2D eigenvalue weighted by atomic mass is 9.86. The summed E-state index contributed by atoms with van der Waals surface area (Å²) in [4.78, 5) is 24.6. The minimum absolute atomic E-state index is 0.00266. The number of hydrogen-bond donors (Lipinski definition) is 2. The molecule has 0 saturated heterocycles. The van der Waals surface area contributed by atoms with Crippen molar-refractivity contribution >= 4 is 29.2 Å². The first kappa shape index (κ1) is 18.3. The molecule has 1 atom stereocenters. The quantitative estimate of drug-likeness (QED) is 0.763. The van der Waals surface area contributed by atoms with Crippen LogP contribution in [0, 0.1) is 0 Å². The molecular weight excluding hydrogens is 385 g/mol. The van der Waals surface area contributed by atoms with E-state index in [2.05, 4.69) is 0 Å². The second kappa shape index (κ2) is 7.03. The van der Waals surface area contributed by atoms with E-state index in [9.17, 15) is 14.7 Å². The number of hydrogen-bond acceptors (Lipinski definition) is 7. The summed E-state index contributed by atoms with van der Waals surface area (Å²) in [5, 5.41) is 9.95. The lowest BCUT2D eigenvalue weighted by Crippen LogP contribution is -2.29. The van der Waals surface area contributed by atoms with Gasteiger partial charge in [0.25, 0.3) is 0 Å². The van der Waals surface area contributed by atoms with Gasteiger partial charge >= 0.3 is 5.97 Å². The van der Waals surface area contributed by atoms with Crippen LogP contribution in [0.3, 0.4) is 0 Å². The molecule has 3 rings (SSSR count). The summed E-state index contributed by atoms with van der Waals surface area (Å²) in [5.41, 5.74) is 5.64. The van der Waals surface area contributed by atoms with Crippen molar-refractivity contribution in [2.45, 2.75) is 12.5 Å². The summed E-state index contributed by atoms with van der Waals surface area (Å²) in [6.07, 6.45) is 0. The van der Waals surface area contributed by atoms with E-state index in [0.717, 1.165) is 6.07 Å². The largest absolute Gasteiger partial charge is 0.465 e. The Kier molecular flexibility index (Phi) is 4.95. The predicted molar refractivity (Wildman–Crippen MR) is 93.1 cm³/mol. The van der Waals surface area contributed by atoms with Crippen LogP contribution in [0.25, 0.3) is 0 Å². The number of rotatable bonds is 3. The molecule has 1 aliphatic rings. The van der Waals surface area contributed by atoms with Gasteiger partial charge in [0, 0.05) is 16.1 Å². The number of nitrogens with two attached hydrogens (primary N) is 1. The SMILES string of the molecule is COC(=O)C1=C(N)Oc2c(oc(CO)cc2=O)[C@H]1c1ccc(Cl)cc1Cl. The molecule has 0 radical (unpaired) electrons. The molecule has 0 aliphatic carbocycles. The van der Waals surface area contributed by atoms with E-state index >= 15 is 0 Å². The number of carbonyl (C=O) groups excluding carboxylic acids is 1. The average Bonchev–Trinajstić information content (AvgIpc) is 2.61. The van der Waals surface area contributed by atoms with Gasteiger partial charge in [-0.25, -0.2) is 4.79 Å². The third-order valence-corrected chi connectivity index (χ3v) is 4.41. The summed E-state index contributed by atoms with van der Waals surface area (Å²) in [6.45, 7) is -0.518. The van der Waals surface area contributed by atoms with Crippen molar-refractivity contribution in [3.05, 3.63) is 73.1 Å². The van der Waals surface area contributed by atoms with Crippen LogP contribution in [0.4, 0.5) is 0 Å². The first-order valence-electron chi connectivity index (χ1n) is 7.35. The zero-order valence-corrected chi connectivity index (χ0v) is 14.9. The minimum atomic E-state index is -0.977. The van der Waals surface area contributed by atoms with Crippen molar-refractivity contribution in [1.29, 1.82) is 0 Å². The maximum absolute atomic E-state index is 12.3. The summed E-state index contributed by atoms with van der Waals surface area (Å²) in [5.74, 6) is -2.26. The Balaban J connectivity index is 2.34. The predicted octanol–water partition coefficient (Wildman–Crippen LogP) is 2.31. The zero-order valence-electron chi connectivity index (χ0n) is 13.4. The second-order valence-corrected chi connectivity index (χ2v) is 6.24. The molecule has 0 saturated carbocycles. The number of aliphatic hydroxyl groups excluding tert-OH is 1. The van der Waals surface area contributed by atoms with Crippen molar-refractivity contribution in [2.75, 3.05) is 7.11 Å². The molecule has 1 aromatic carbocycles. The van der Waals surface area contributed by atoms with Crippen molar-refractivity contribution in [1.82, 2.24) is 0 Å². The van der Waals surface area contributed by atoms with Crippen LogP contribution in [0.15, 0.2) is 44.9 Å². The van der Waals surface area contributed by atoms with E-state index in [0.29, 0.717) is 10.6 Å². The molecule has 0 spiro atoms. The first-order valence-corrected chi connectivity index (χ1v) is 8.11. The van der Waals surface area contributed by atoms with Gasteiger partial charge in [-0.3, -0.25) is 4.79 Å². The summed E-state index contributed by atoms with van der Waals surface area (Å²) >= 11 is 12.2. The number of ether oxygens (including phenoxy) is 2. The highest BCUT2D eigenvalue weighted by molar-refractivity contribution is 6.35. The van der Waals surface area contributed by atoms with Gasteiger partial charge in [-0.05, 0) is 17.7 Å². The maximum Gasteiger partial charge on any atom is 0.340 e. The van der Waals surface area contributed by atoms with E-state index < -0.39 is 23.9 Å². The van der Waals surface area contributed by atoms with E-state index in [4.69, 9.17) is 42.8 Å². The van der Waals surface area contributed by atoms with Gasteiger partial charge in [-0.15, -0.1) is 0 Å². The van der Waals surface area contributed by atoms with Gasteiger partial charge in [0.15, 0.2) is 5.76 Å². The molecule has 26 heavy (non-hydrogen) atoms. The summed E-state index contributed by atoms with van der Waals surface area (Å²) in [7, 11) is 1.18. The number of carbonyl (C=O) groups is 1. The maximum atomic E-state index is 12.3. The summed E-state index contributed by atoms with van der Waals surface area (Å²) in [6, 6.07) is 5.70. The lowest BCUT2D eigenvalue weighted by molar-refractivity contribution is -0.136. The number of fused-ring (bicyclic) bond motifs is 1. The lowest BCUT2D eigenvalue weighted by Gasteiger charge is -2.27. The van der Waals surface area contributed by atoms with Crippen LogP contribution in [-0.2, 0) is 16.1 Å². The van der Waals surface area contributed by atoms with Crippen LogP contribution in [-0.4, -0.2) is 18.2 Å². The average molecular weight is 398 g/mol. The second-order valence-electron chi connectivity index (χ2n) is 5.40. The number of methoxy groups -OCH3 is 1. The van der Waals surface area contributed by atoms with Crippen LogP contribution in [0.5, 0.6) is 5.75 Å². The molecule has 136 valence electrons. The summed E-state index contributed by atoms with van der Waals surface area (Å²) < 4.78 is 15.7. The monoisotopic (exact) mass is 397 g/mol. The molecule has 1 aromatic heterocycles. The van der Waals surface area contributed by atoms with Gasteiger partial charge in [-0.1, -0.05) is 29.3 Å². The fourth-order valence-corrected chi connectivity index (χ4v) is 3.24. The molecule has 2 heterocycles. The smallest absolute Gasteiger partial charge is 0.340 e. The Morgan fingerprint density at radius 3 is 2.69 bits per heavy atom. The molecule has 1 aliphatic heterocycles. The van der Waals surface area contributed by atoms with E-state index in [-0.39, 0.29) is 33.7 Å². The van der Waals surface area contributed by atoms with Crippen LogP contribution >= 0.6 is 23.2 Å². The minimum Gasteiger partial charge on any atom is -0.465 e. The number of benzene rings is 1. The standard InChI is InChI=1S/C17H13Cl2NO6/c1-24-17(23)13-12(9-3-2-7(18)4-10(9)19)15-14(26-16(13)20)11(22)5-8(6-21)25-15/h2-5,12,21H,6,20H2,1H3/t12-/m0/s1. The zero-order chi connectivity index (χ0) is 19.0. The Bertz CT molecular complexity index is 982. The third-order valence-electron chi connectivity index (χ3n) is 3.84. The highest BCUT2D eigenvalue weighted by Crippen LogP contribution is 2.44.